The van der Waals surface area contributed by atoms with E-state index in [9.17, 15) is 9.59 Å². The molecular formula is C15H18ClN3O3. The van der Waals surface area contributed by atoms with E-state index in [1.807, 2.05) is 24.3 Å². The van der Waals surface area contributed by atoms with Crippen molar-refractivity contribution in [2.45, 2.75) is 18.6 Å². The van der Waals surface area contributed by atoms with Crippen molar-refractivity contribution in [1.29, 1.82) is 0 Å². The number of nitrogens with zero attached hydrogens (tertiary/aromatic N) is 2. The second-order valence-electron chi connectivity index (χ2n) is 5.62. The van der Waals surface area contributed by atoms with Crippen LogP contribution < -0.4 is 5.32 Å². The number of amides is 2. The zero-order valence-electron chi connectivity index (χ0n) is 12.0. The van der Waals surface area contributed by atoms with Gasteiger partial charge in [0.05, 0.1) is 6.61 Å². The summed E-state index contributed by atoms with van der Waals surface area (Å²) < 4.78 is 0. The molecule has 3 rings (SSSR count). The molecule has 2 heterocycles. The van der Waals surface area contributed by atoms with Crippen molar-refractivity contribution < 1.29 is 14.7 Å². The lowest BCUT2D eigenvalue weighted by Crippen LogP contribution is -2.69. The number of rotatable bonds is 3. The Kier molecular flexibility index (Phi) is 4.33. The van der Waals surface area contributed by atoms with Gasteiger partial charge in [0, 0.05) is 31.2 Å². The zero-order valence-corrected chi connectivity index (χ0v) is 12.8. The van der Waals surface area contributed by atoms with E-state index in [-0.39, 0.29) is 18.4 Å². The minimum atomic E-state index is -0.807. The summed E-state index contributed by atoms with van der Waals surface area (Å²) in [5, 5.41) is 12.4. The summed E-state index contributed by atoms with van der Waals surface area (Å²) in [6.45, 7) is 1.92. The Bertz CT molecular complexity index is 595. The van der Waals surface area contributed by atoms with Crippen LogP contribution in [-0.2, 0) is 16.1 Å². The molecule has 2 aliphatic rings. The quantitative estimate of drug-likeness (QED) is 0.811. The van der Waals surface area contributed by atoms with Crippen molar-refractivity contribution in [3.8, 4) is 0 Å². The number of piperazine rings is 2. The molecule has 2 N–H and O–H groups in total. The predicted molar refractivity (Wildman–Crippen MR) is 81.2 cm³/mol. The van der Waals surface area contributed by atoms with Crippen LogP contribution in [0.25, 0.3) is 0 Å². The molecule has 2 saturated heterocycles. The first-order valence-corrected chi connectivity index (χ1v) is 7.65. The average molecular weight is 324 g/mol. The Morgan fingerprint density at radius 1 is 1.27 bits per heavy atom. The van der Waals surface area contributed by atoms with Crippen LogP contribution in [0.1, 0.15) is 5.56 Å². The fourth-order valence-electron chi connectivity index (χ4n) is 2.99. The Hall–Kier alpha value is -1.63. The largest absolute Gasteiger partial charge is 0.394 e. The number of aliphatic hydroxyl groups is 1. The summed E-state index contributed by atoms with van der Waals surface area (Å²) >= 11 is 6.17. The predicted octanol–water partition coefficient (Wildman–Crippen LogP) is -0.156. The van der Waals surface area contributed by atoms with Crippen molar-refractivity contribution in [3.05, 3.63) is 34.9 Å². The van der Waals surface area contributed by atoms with Gasteiger partial charge in [0.25, 0.3) is 0 Å². The van der Waals surface area contributed by atoms with Gasteiger partial charge < -0.3 is 15.3 Å². The maximum absolute atomic E-state index is 12.2. The third kappa shape index (κ3) is 2.82. The molecule has 0 spiro atoms. The van der Waals surface area contributed by atoms with Gasteiger partial charge in [-0.2, -0.15) is 0 Å². The highest BCUT2D eigenvalue weighted by atomic mass is 35.5. The highest BCUT2D eigenvalue weighted by Crippen LogP contribution is 2.21. The third-order valence-corrected chi connectivity index (χ3v) is 4.57. The number of carbonyl (C=O) groups is 2. The Morgan fingerprint density at radius 2 is 2.05 bits per heavy atom. The molecule has 2 fully saturated rings. The first kappa shape index (κ1) is 15.3. The summed E-state index contributed by atoms with van der Waals surface area (Å²) in [5.41, 5.74) is 1.01. The number of halogens is 1. The normalized spacial score (nSPS) is 25.8. The van der Waals surface area contributed by atoms with Crippen LogP contribution in [0.2, 0.25) is 5.02 Å². The topological polar surface area (TPSA) is 72.9 Å². The molecule has 6 nitrogen and oxygen atoms in total. The van der Waals surface area contributed by atoms with Crippen LogP contribution in [0.5, 0.6) is 0 Å². The molecule has 22 heavy (non-hydrogen) atoms. The summed E-state index contributed by atoms with van der Waals surface area (Å²) in [4.78, 5) is 28.0. The molecule has 0 saturated carbocycles. The van der Waals surface area contributed by atoms with Gasteiger partial charge in [0.1, 0.15) is 12.1 Å². The number of fused-ring (bicyclic) bond motifs is 1. The van der Waals surface area contributed by atoms with Crippen molar-refractivity contribution in [3.63, 3.8) is 0 Å². The Labute approximate surface area is 133 Å². The van der Waals surface area contributed by atoms with E-state index in [0.29, 0.717) is 31.2 Å². The molecule has 0 aliphatic carbocycles. The Morgan fingerprint density at radius 3 is 2.77 bits per heavy atom. The zero-order chi connectivity index (χ0) is 15.7. The number of benzene rings is 1. The minimum Gasteiger partial charge on any atom is -0.394 e. The van der Waals surface area contributed by atoms with E-state index < -0.39 is 12.1 Å². The number of hydrogen-bond donors (Lipinski definition) is 2. The van der Waals surface area contributed by atoms with E-state index in [4.69, 9.17) is 16.7 Å². The molecule has 2 amide bonds. The van der Waals surface area contributed by atoms with Crippen LogP contribution >= 0.6 is 11.6 Å². The summed E-state index contributed by atoms with van der Waals surface area (Å²) in [7, 11) is 0. The van der Waals surface area contributed by atoms with E-state index in [0.717, 1.165) is 5.56 Å². The van der Waals surface area contributed by atoms with Gasteiger partial charge in [-0.3, -0.25) is 14.5 Å². The van der Waals surface area contributed by atoms with Crippen molar-refractivity contribution in [2.24, 2.45) is 0 Å². The maximum atomic E-state index is 12.2. The molecule has 118 valence electrons. The van der Waals surface area contributed by atoms with Crippen LogP contribution in [0, 0.1) is 0 Å². The molecule has 2 aliphatic heterocycles. The molecule has 0 unspecified atom stereocenters. The van der Waals surface area contributed by atoms with Gasteiger partial charge in [-0.25, -0.2) is 0 Å². The van der Waals surface area contributed by atoms with Gasteiger partial charge in [0.2, 0.25) is 11.8 Å². The van der Waals surface area contributed by atoms with E-state index in [1.54, 1.807) is 4.90 Å². The number of aliphatic hydroxyl groups excluding tert-OH is 1. The van der Waals surface area contributed by atoms with Gasteiger partial charge in [-0.15, -0.1) is 0 Å². The lowest BCUT2D eigenvalue weighted by atomic mass is 10.0. The van der Waals surface area contributed by atoms with Gasteiger partial charge >= 0.3 is 0 Å². The van der Waals surface area contributed by atoms with Gasteiger partial charge in [-0.05, 0) is 11.6 Å². The smallest absolute Gasteiger partial charge is 0.248 e. The van der Waals surface area contributed by atoms with Crippen LogP contribution in [0.4, 0.5) is 0 Å². The number of nitrogens with one attached hydrogen (secondary N) is 1. The molecular weight excluding hydrogens is 306 g/mol. The first-order chi connectivity index (χ1) is 10.6. The van der Waals surface area contributed by atoms with Crippen molar-refractivity contribution in [2.75, 3.05) is 26.2 Å². The van der Waals surface area contributed by atoms with Crippen molar-refractivity contribution >= 4 is 23.4 Å². The summed E-state index contributed by atoms with van der Waals surface area (Å²) in [6.07, 6.45) is 0. The maximum Gasteiger partial charge on any atom is 0.248 e. The van der Waals surface area contributed by atoms with Crippen LogP contribution in [-0.4, -0.2) is 65.0 Å². The lowest BCUT2D eigenvalue weighted by Gasteiger charge is -2.45. The van der Waals surface area contributed by atoms with Crippen molar-refractivity contribution in [1.82, 2.24) is 15.1 Å². The molecule has 0 radical (unpaired) electrons. The first-order valence-electron chi connectivity index (χ1n) is 7.27. The molecule has 1 aromatic rings. The highest BCUT2D eigenvalue weighted by molar-refractivity contribution is 6.31. The van der Waals surface area contributed by atoms with Crippen LogP contribution in [0.3, 0.4) is 0 Å². The van der Waals surface area contributed by atoms with Gasteiger partial charge in [0.15, 0.2) is 0 Å². The molecule has 1 aromatic carbocycles. The lowest BCUT2D eigenvalue weighted by molar-refractivity contribution is -0.154. The Balaban J connectivity index is 1.70. The second-order valence-corrected chi connectivity index (χ2v) is 6.02. The van der Waals surface area contributed by atoms with E-state index in [2.05, 4.69) is 10.2 Å². The second kappa shape index (κ2) is 6.24. The summed E-state index contributed by atoms with van der Waals surface area (Å²) in [6, 6.07) is 6.32. The summed E-state index contributed by atoms with van der Waals surface area (Å²) in [5.74, 6) is -0.410. The third-order valence-electron chi connectivity index (χ3n) is 4.20. The number of hydrogen-bond acceptors (Lipinski definition) is 4. The monoisotopic (exact) mass is 323 g/mol. The van der Waals surface area contributed by atoms with Gasteiger partial charge in [-0.1, -0.05) is 29.8 Å². The minimum absolute atomic E-state index is 0.204. The highest BCUT2D eigenvalue weighted by Gasteiger charge is 2.43. The molecule has 7 heteroatoms. The van der Waals surface area contributed by atoms with E-state index in [1.165, 1.54) is 0 Å². The van der Waals surface area contributed by atoms with Crippen LogP contribution in [0.15, 0.2) is 24.3 Å². The average Bonchev–Trinajstić information content (AvgIpc) is 2.53. The number of carbonyl (C=O) groups excluding carboxylic acids is 2. The standard InChI is InChI=1S/C15H18ClN3O3/c16-11-4-2-1-3-10(11)7-18-5-6-19-13(8-18)14(21)17-12(9-20)15(19)22/h1-4,12-13,20H,5-9H2,(H,17,21)/t12-,13+/m0/s1. The van der Waals surface area contributed by atoms with E-state index >= 15 is 0 Å². The molecule has 2 atom stereocenters. The fraction of sp³-hybridized carbons (Fsp3) is 0.467. The fourth-order valence-corrected chi connectivity index (χ4v) is 3.19. The molecule has 0 aromatic heterocycles. The molecule has 0 bridgehead atoms. The SMILES string of the molecule is O=C1N[C@@H](CO)C(=O)N2CCN(Cc3ccccc3Cl)C[C@H]12.